The second-order valence-electron chi connectivity index (χ2n) is 6.61. The largest absolute Gasteiger partial charge is 0.330 e. The lowest BCUT2D eigenvalue weighted by Crippen LogP contribution is -2.16. The van der Waals surface area contributed by atoms with Gasteiger partial charge in [0.1, 0.15) is 5.82 Å². The molecular formula is C19H24FN. The van der Waals surface area contributed by atoms with Gasteiger partial charge in [0.05, 0.1) is 0 Å². The van der Waals surface area contributed by atoms with Gasteiger partial charge < -0.3 is 5.73 Å². The average molecular weight is 285 g/mol. The third-order valence-electron chi connectivity index (χ3n) is 3.93. The van der Waals surface area contributed by atoms with Gasteiger partial charge in [-0.1, -0.05) is 63.2 Å². The lowest BCUT2D eigenvalue weighted by Gasteiger charge is -2.20. The molecule has 21 heavy (non-hydrogen) atoms. The summed E-state index contributed by atoms with van der Waals surface area (Å²) in [6.45, 7) is 7.04. The van der Waals surface area contributed by atoms with Crippen molar-refractivity contribution in [1.82, 2.24) is 0 Å². The van der Waals surface area contributed by atoms with Crippen molar-refractivity contribution in [1.29, 1.82) is 0 Å². The van der Waals surface area contributed by atoms with E-state index in [0.29, 0.717) is 12.1 Å². The van der Waals surface area contributed by atoms with Crippen LogP contribution in [0.15, 0.2) is 48.5 Å². The Morgan fingerprint density at radius 2 is 1.62 bits per heavy atom. The zero-order valence-electron chi connectivity index (χ0n) is 13.1. The van der Waals surface area contributed by atoms with Gasteiger partial charge in [0, 0.05) is 5.92 Å². The lowest BCUT2D eigenvalue weighted by molar-refractivity contribution is 0.574. The molecule has 0 aromatic heterocycles. The summed E-state index contributed by atoms with van der Waals surface area (Å²) in [5.41, 5.74) is 9.22. The number of hydrogen-bond donors (Lipinski definition) is 1. The Morgan fingerprint density at radius 1 is 1.00 bits per heavy atom. The highest BCUT2D eigenvalue weighted by molar-refractivity contribution is 5.30. The van der Waals surface area contributed by atoms with Crippen LogP contribution in [0.4, 0.5) is 4.39 Å². The van der Waals surface area contributed by atoms with E-state index in [1.165, 1.54) is 17.2 Å². The Labute approximate surface area is 127 Å². The van der Waals surface area contributed by atoms with Crippen molar-refractivity contribution in [2.45, 2.75) is 38.5 Å². The summed E-state index contributed by atoms with van der Waals surface area (Å²) < 4.78 is 13.9. The molecule has 2 N–H and O–H groups in total. The van der Waals surface area contributed by atoms with Gasteiger partial charge in [0.15, 0.2) is 0 Å². The maximum Gasteiger partial charge on any atom is 0.126 e. The van der Waals surface area contributed by atoms with Crippen LogP contribution >= 0.6 is 0 Å². The van der Waals surface area contributed by atoms with E-state index >= 15 is 0 Å². The SMILES string of the molecule is CC(C)(C)c1ccc(CC(CN)c2ccccc2F)cc1. The highest BCUT2D eigenvalue weighted by Crippen LogP contribution is 2.25. The van der Waals surface area contributed by atoms with Gasteiger partial charge in [0.2, 0.25) is 0 Å². The van der Waals surface area contributed by atoms with Crippen LogP contribution in [0, 0.1) is 5.82 Å². The van der Waals surface area contributed by atoms with E-state index in [-0.39, 0.29) is 17.2 Å². The Morgan fingerprint density at radius 3 is 2.14 bits per heavy atom. The summed E-state index contributed by atoms with van der Waals surface area (Å²) in [7, 11) is 0. The normalized spacial score (nSPS) is 13.2. The van der Waals surface area contributed by atoms with Crippen molar-refractivity contribution in [3.63, 3.8) is 0 Å². The van der Waals surface area contributed by atoms with Gasteiger partial charge in [-0.05, 0) is 41.1 Å². The van der Waals surface area contributed by atoms with E-state index in [4.69, 9.17) is 5.73 Å². The Kier molecular flexibility index (Phi) is 4.79. The predicted octanol–water partition coefficient (Wildman–Crippen LogP) is 4.41. The third-order valence-corrected chi connectivity index (χ3v) is 3.93. The van der Waals surface area contributed by atoms with Crippen molar-refractivity contribution in [3.05, 3.63) is 71.0 Å². The molecule has 2 aromatic carbocycles. The Bertz CT molecular complexity index is 581. The number of hydrogen-bond acceptors (Lipinski definition) is 1. The van der Waals surface area contributed by atoms with Crippen LogP contribution in [0.2, 0.25) is 0 Å². The van der Waals surface area contributed by atoms with Gasteiger partial charge in [-0.15, -0.1) is 0 Å². The van der Waals surface area contributed by atoms with E-state index in [2.05, 4.69) is 45.0 Å². The summed E-state index contributed by atoms with van der Waals surface area (Å²) >= 11 is 0. The summed E-state index contributed by atoms with van der Waals surface area (Å²) in [4.78, 5) is 0. The maximum atomic E-state index is 13.9. The number of nitrogens with two attached hydrogens (primary N) is 1. The van der Waals surface area contributed by atoms with Crippen LogP contribution in [0.3, 0.4) is 0 Å². The monoisotopic (exact) mass is 285 g/mol. The first kappa shape index (κ1) is 15.7. The Balaban J connectivity index is 2.18. The van der Waals surface area contributed by atoms with Crippen LogP contribution in [0.1, 0.15) is 43.4 Å². The summed E-state index contributed by atoms with van der Waals surface area (Å²) in [5.74, 6) is -0.147. The van der Waals surface area contributed by atoms with Crippen LogP contribution in [0.5, 0.6) is 0 Å². The second kappa shape index (κ2) is 6.40. The average Bonchev–Trinajstić information content (AvgIpc) is 2.45. The topological polar surface area (TPSA) is 26.0 Å². The molecule has 0 saturated heterocycles. The highest BCUT2D eigenvalue weighted by atomic mass is 19.1. The number of benzene rings is 2. The van der Waals surface area contributed by atoms with E-state index in [9.17, 15) is 4.39 Å². The predicted molar refractivity (Wildman–Crippen MR) is 87.0 cm³/mol. The van der Waals surface area contributed by atoms with Crippen molar-refractivity contribution < 1.29 is 4.39 Å². The smallest absolute Gasteiger partial charge is 0.126 e. The first-order chi connectivity index (χ1) is 9.91. The fourth-order valence-electron chi connectivity index (χ4n) is 2.55. The molecule has 2 aromatic rings. The van der Waals surface area contributed by atoms with Crippen molar-refractivity contribution in [2.75, 3.05) is 6.54 Å². The molecule has 1 unspecified atom stereocenters. The van der Waals surface area contributed by atoms with Crippen LogP contribution in [-0.4, -0.2) is 6.54 Å². The molecule has 0 aliphatic heterocycles. The van der Waals surface area contributed by atoms with E-state index in [1.807, 2.05) is 12.1 Å². The maximum absolute atomic E-state index is 13.9. The lowest BCUT2D eigenvalue weighted by atomic mass is 9.85. The van der Waals surface area contributed by atoms with Crippen LogP contribution in [-0.2, 0) is 11.8 Å². The fourth-order valence-corrected chi connectivity index (χ4v) is 2.55. The van der Waals surface area contributed by atoms with Crippen molar-refractivity contribution >= 4 is 0 Å². The molecule has 0 radical (unpaired) electrons. The summed E-state index contributed by atoms with van der Waals surface area (Å²) in [6.07, 6.45) is 0.766. The molecular weight excluding hydrogens is 261 g/mol. The fraction of sp³-hybridized carbons (Fsp3) is 0.368. The van der Waals surface area contributed by atoms with Gasteiger partial charge in [-0.2, -0.15) is 0 Å². The summed E-state index contributed by atoms with van der Waals surface area (Å²) in [6, 6.07) is 15.5. The Hall–Kier alpha value is -1.67. The van der Waals surface area contributed by atoms with E-state index < -0.39 is 0 Å². The minimum Gasteiger partial charge on any atom is -0.330 e. The minimum absolute atomic E-state index is 0.0201. The van der Waals surface area contributed by atoms with E-state index in [1.54, 1.807) is 6.07 Å². The van der Waals surface area contributed by atoms with E-state index in [0.717, 1.165) is 6.42 Å². The first-order valence-electron chi connectivity index (χ1n) is 7.45. The molecule has 0 heterocycles. The van der Waals surface area contributed by atoms with Crippen LogP contribution < -0.4 is 5.73 Å². The van der Waals surface area contributed by atoms with Crippen molar-refractivity contribution in [3.8, 4) is 0 Å². The molecule has 0 amide bonds. The minimum atomic E-state index is -0.167. The number of rotatable bonds is 4. The molecule has 0 aliphatic carbocycles. The molecule has 0 aliphatic rings. The molecule has 1 nitrogen and oxygen atoms in total. The molecule has 0 spiro atoms. The van der Waals surface area contributed by atoms with Crippen LogP contribution in [0.25, 0.3) is 0 Å². The van der Waals surface area contributed by atoms with Gasteiger partial charge in [0.25, 0.3) is 0 Å². The standard InChI is InChI=1S/C19H24FN/c1-19(2,3)16-10-8-14(9-11-16)12-15(13-21)17-6-4-5-7-18(17)20/h4-11,15H,12-13,21H2,1-3H3. The molecule has 0 fully saturated rings. The van der Waals surface area contributed by atoms with Gasteiger partial charge >= 0.3 is 0 Å². The molecule has 112 valence electrons. The highest BCUT2D eigenvalue weighted by Gasteiger charge is 2.16. The quantitative estimate of drug-likeness (QED) is 0.885. The molecule has 0 saturated carbocycles. The van der Waals surface area contributed by atoms with Gasteiger partial charge in [-0.3, -0.25) is 0 Å². The molecule has 0 bridgehead atoms. The molecule has 1 atom stereocenters. The summed E-state index contributed by atoms with van der Waals surface area (Å²) in [5, 5.41) is 0. The third kappa shape index (κ3) is 3.92. The molecule has 2 heteroatoms. The molecule has 2 rings (SSSR count). The zero-order chi connectivity index (χ0) is 15.5. The first-order valence-corrected chi connectivity index (χ1v) is 7.45. The van der Waals surface area contributed by atoms with Gasteiger partial charge in [-0.25, -0.2) is 4.39 Å². The van der Waals surface area contributed by atoms with Crippen molar-refractivity contribution in [2.24, 2.45) is 5.73 Å². The zero-order valence-corrected chi connectivity index (χ0v) is 13.1. The second-order valence-corrected chi connectivity index (χ2v) is 6.61. The number of halogens is 1.